The summed E-state index contributed by atoms with van der Waals surface area (Å²) >= 11 is 0. The van der Waals surface area contributed by atoms with Crippen molar-refractivity contribution in [2.24, 2.45) is 0 Å². The van der Waals surface area contributed by atoms with E-state index >= 15 is 0 Å². The Morgan fingerprint density at radius 3 is 2.27 bits per heavy atom. The van der Waals surface area contributed by atoms with Gasteiger partial charge in [-0.3, -0.25) is 0 Å². The standard InChI is InChI=1S/C17H21F3N2O7S/c1-16(2,3)28-15(24)22-7-5-10-9-11(14(23)27-4)13(21-12(10)6-8-22)29-30(25,26)17(18,19)20/h9H,5-8H2,1-4H3. The molecular weight excluding hydrogens is 433 g/mol. The monoisotopic (exact) mass is 454 g/mol. The van der Waals surface area contributed by atoms with E-state index < -0.39 is 44.7 Å². The highest BCUT2D eigenvalue weighted by molar-refractivity contribution is 7.88. The van der Waals surface area contributed by atoms with Gasteiger partial charge in [-0.2, -0.15) is 21.6 Å². The first-order valence-electron chi connectivity index (χ1n) is 8.74. The van der Waals surface area contributed by atoms with Gasteiger partial charge >= 0.3 is 27.7 Å². The van der Waals surface area contributed by atoms with E-state index in [9.17, 15) is 31.2 Å². The van der Waals surface area contributed by atoms with Crippen LogP contribution in [0.4, 0.5) is 18.0 Å². The van der Waals surface area contributed by atoms with E-state index in [2.05, 4.69) is 13.9 Å². The Balaban J connectivity index is 2.38. The summed E-state index contributed by atoms with van der Waals surface area (Å²) in [5, 5.41) is 0. The van der Waals surface area contributed by atoms with Gasteiger partial charge < -0.3 is 18.6 Å². The molecule has 1 aliphatic heterocycles. The molecule has 0 N–H and O–H groups in total. The van der Waals surface area contributed by atoms with Gasteiger partial charge in [-0.1, -0.05) is 0 Å². The van der Waals surface area contributed by atoms with E-state index in [1.807, 2.05) is 0 Å². The van der Waals surface area contributed by atoms with Crippen LogP contribution in [0.3, 0.4) is 0 Å². The molecule has 0 bridgehead atoms. The highest BCUT2D eigenvalue weighted by Crippen LogP contribution is 2.30. The highest BCUT2D eigenvalue weighted by Gasteiger charge is 2.49. The largest absolute Gasteiger partial charge is 0.534 e. The van der Waals surface area contributed by atoms with Crippen LogP contribution in [0.15, 0.2) is 6.07 Å². The molecule has 0 saturated carbocycles. The van der Waals surface area contributed by atoms with Gasteiger partial charge in [0.1, 0.15) is 11.2 Å². The molecule has 30 heavy (non-hydrogen) atoms. The molecule has 168 valence electrons. The minimum Gasteiger partial charge on any atom is -0.465 e. The van der Waals surface area contributed by atoms with Crippen molar-refractivity contribution in [1.82, 2.24) is 9.88 Å². The zero-order chi connectivity index (χ0) is 22.9. The molecule has 0 aliphatic carbocycles. The van der Waals surface area contributed by atoms with Crippen molar-refractivity contribution < 1.29 is 44.8 Å². The van der Waals surface area contributed by atoms with E-state index in [0.29, 0.717) is 5.56 Å². The van der Waals surface area contributed by atoms with Crippen molar-refractivity contribution in [1.29, 1.82) is 0 Å². The van der Waals surface area contributed by atoms with Crippen LogP contribution < -0.4 is 4.18 Å². The first-order valence-corrected chi connectivity index (χ1v) is 10.2. The number of hydrogen-bond acceptors (Lipinski definition) is 8. The van der Waals surface area contributed by atoms with Crippen molar-refractivity contribution in [3.05, 3.63) is 22.9 Å². The Labute approximate surface area is 171 Å². The molecule has 1 aliphatic rings. The fourth-order valence-electron chi connectivity index (χ4n) is 2.59. The predicted molar refractivity (Wildman–Crippen MR) is 96.4 cm³/mol. The van der Waals surface area contributed by atoms with Gasteiger partial charge in [0.2, 0.25) is 5.88 Å². The van der Waals surface area contributed by atoms with Crippen molar-refractivity contribution in [3.63, 3.8) is 0 Å². The molecule has 9 nitrogen and oxygen atoms in total. The minimum absolute atomic E-state index is 0.0818. The number of pyridine rings is 1. The number of rotatable bonds is 3. The Hall–Kier alpha value is -2.57. The smallest absolute Gasteiger partial charge is 0.465 e. The van der Waals surface area contributed by atoms with Crippen LogP contribution in [0.5, 0.6) is 5.88 Å². The molecule has 2 rings (SSSR count). The molecule has 0 aromatic carbocycles. The van der Waals surface area contributed by atoms with Gasteiger partial charge in [0.15, 0.2) is 0 Å². The Morgan fingerprint density at radius 2 is 1.73 bits per heavy atom. The maximum atomic E-state index is 12.7. The van der Waals surface area contributed by atoms with Crippen LogP contribution in [0.1, 0.15) is 42.4 Å². The molecule has 1 amide bonds. The second kappa shape index (κ2) is 8.28. The van der Waals surface area contributed by atoms with Crippen LogP contribution >= 0.6 is 0 Å². The second-order valence-electron chi connectivity index (χ2n) is 7.39. The van der Waals surface area contributed by atoms with E-state index in [0.717, 1.165) is 13.2 Å². The summed E-state index contributed by atoms with van der Waals surface area (Å²) in [5.74, 6) is -2.16. The first kappa shape index (κ1) is 23.7. The average Bonchev–Trinajstić information content (AvgIpc) is 2.79. The second-order valence-corrected chi connectivity index (χ2v) is 8.93. The third-order valence-electron chi connectivity index (χ3n) is 3.95. The van der Waals surface area contributed by atoms with Crippen LogP contribution in [0.25, 0.3) is 0 Å². The quantitative estimate of drug-likeness (QED) is 0.389. The zero-order valence-electron chi connectivity index (χ0n) is 16.7. The summed E-state index contributed by atoms with van der Waals surface area (Å²) in [6.45, 7) is 5.42. The number of carbonyl (C=O) groups excluding carboxylic acids is 2. The van der Waals surface area contributed by atoms with E-state index in [1.54, 1.807) is 20.8 Å². The lowest BCUT2D eigenvalue weighted by Gasteiger charge is -2.26. The van der Waals surface area contributed by atoms with Gasteiger partial charge in [-0.05, 0) is 38.8 Å². The van der Waals surface area contributed by atoms with Crippen molar-refractivity contribution in [3.8, 4) is 5.88 Å². The molecule has 0 unspecified atom stereocenters. The van der Waals surface area contributed by atoms with Crippen LogP contribution in [0.2, 0.25) is 0 Å². The lowest BCUT2D eigenvalue weighted by atomic mass is 10.1. The van der Waals surface area contributed by atoms with Crippen molar-refractivity contribution in [2.45, 2.75) is 44.7 Å². The Kier molecular flexibility index (Phi) is 6.54. The molecule has 13 heteroatoms. The average molecular weight is 454 g/mol. The van der Waals surface area contributed by atoms with Gasteiger partial charge in [-0.25, -0.2) is 14.6 Å². The predicted octanol–water partition coefficient (Wildman–Crippen LogP) is 2.43. The summed E-state index contributed by atoms with van der Waals surface area (Å²) in [5.41, 5.74) is -6.36. The molecule has 1 aromatic rings. The van der Waals surface area contributed by atoms with E-state index in [-0.39, 0.29) is 31.6 Å². The summed E-state index contributed by atoms with van der Waals surface area (Å²) < 4.78 is 74.8. The summed E-state index contributed by atoms with van der Waals surface area (Å²) in [6.07, 6.45) is -0.296. The number of carbonyl (C=O) groups is 2. The fourth-order valence-corrected chi connectivity index (χ4v) is 3.02. The summed E-state index contributed by atoms with van der Waals surface area (Å²) in [6, 6.07) is 1.16. The van der Waals surface area contributed by atoms with Crippen molar-refractivity contribution in [2.75, 3.05) is 20.2 Å². The molecular formula is C17H21F3N2O7S. The van der Waals surface area contributed by atoms with Gasteiger partial charge in [-0.15, -0.1) is 0 Å². The summed E-state index contributed by atoms with van der Waals surface area (Å²) in [7, 11) is -5.08. The number of aromatic nitrogens is 1. The Morgan fingerprint density at radius 1 is 1.13 bits per heavy atom. The molecule has 0 fully saturated rings. The number of hydrogen-bond donors (Lipinski definition) is 0. The number of fused-ring (bicyclic) bond motifs is 1. The molecule has 0 atom stereocenters. The van der Waals surface area contributed by atoms with Gasteiger partial charge in [0.05, 0.1) is 7.11 Å². The molecule has 0 saturated heterocycles. The van der Waals surface area contributed by atoms with E-state index in [1.165, 1.54) is 4.90 Å². The minimum atomic E-state index is -6.05. The zero-order valence-corrected chi connectivity index (χ0v) is 17.5. The number of nitrogens with zero attached hydrogens (tertiary/aromatic N) is 2. The van der Waals surface area contributed by atoms with Crippen LogP contribution in [0, 0.1) is 0 Å². The molecule has 2 heterocycles. The molecule has 0 spiro atoms. The Bertz CT molecular complexity index is 940. The third-order valence-corrected chi connectivity index (χ3v) is 4.90. The highest BCUT2D eigenvalue weighted by atomic mass is 32.2. The number of methoxy groups -OCH3 is 1. The maximum absolute atomic E-state index is 12.7. The molecule has 1 aromatic heterocycles. The number of amides is 1. The fraction of sp³-hybridized carbons (Fsp3) is 0.588. The normalized spacial score (nSPS) is 15.1. The third kappa shape index (κ3) is 5.52. The lowest BCUT2D eigenvalue weighted by molar-refractivity contribution is -0.0502. The van der Waals surface area contributed by atoms with E-state index in [4.69, 9.17) is 4.74 Å². The number of ether oxygens (including phenoxy) is 2. The first-order chi connectivity index (χ1) is 13.6. The van der Waals surface area contributed by atoms with Gasteiger partial charge in [0.25, 0.3) is 0 Å². The van der Waals surface area contributed by atoms with Gasteiger partial charge in [0, 0.05) is 25.2 Å². The van der Waals surface area contributed by atoms with Crippen LogP contribution in [-0.4, -0.2) is 61.7 Å². The number of halogens is 3. The number of alkyl halides is 3. The summed E-state index contributed by atoms with van der Waals surface area (Å²) in [4.78, 5) is 29.5. The maximum Gasteiger partial charge on any atom is 0.534 e. The topological polar surface area (TPSA) is 112 Å². The molecule has 0 radical (unpaired) electrons. The lowest BCUT2D eigenvalue weighted by Crippen LogP contribution is -2.38. The SMILES string of the molecule is COC(=O)c1cc2c(nc1OS(=O)(=O)C(F)(F)F)CCN(C(=O)OC(C)(C)C)CC2. The van der Waals surface area contributed by atoms with Crippen molar-refractivity contribution >= 4 is 22.2 Å². The van der Waals surface area contributed by atoms with Crippen LogP contribution in [-0.2, 0) is 32.4 Å². The number of esters is 1.